The smallest absolute Gasteiger partial charge is 0.320 e. The summed E-state index contributed by atoms with van der Waals surface area (Å²) in [5.74, 6) is -5.98. The standard InChI is InChI=1S/C10H21N3O.C6H8O7/c1-4-12(5-2)10(14)13-8-6-11(3)7-9-13;7-3(8)1-6(13,5(11)12)2-4(9)10/h4-9H2,1-3H3;13H,1-2H2,(H,7,8)(H,9,10)(H,11,12)/p-3. The normalized spacial score (nSPS) is 14.7. The number of rotatable bonds is 7. The summed E-state index contributed by atoms with van der Waals surface area (Å²) in [6.45, 7) is 9.38. The lowest BCUT2D eigenvalue weighted by molar-refractivity contribution is -0.339. The zero-order valence-corrected chi connectivity index (χ0v) is 15.8. The summed E-state index contributed by atoms with van der Waals surface area (Å²) in [6, 6.07) is 0.197. The van der Waals surface area contributed by atoms with Crippen LogP contribution < -0.4 is 15.3 Å². The van der Waals surface area contributed by atoms with Gasteiger partial charge < -0.3 is 49.5 Å². The molecule has 1 rings (SSSR count). The van der Waals surface area contributed by atoms with Crippen LogP contribution in [0.25, 0.3) is 0 Å². The molecule has 1 N–H and O–H groups in total. The highest BCUT2D eigenvalue weighted by Crippen LogP contribution is 2.13. The molecule has 0 unspecified atom stereocenters. The van der Waals surface area contributed by atoms with Crippen molar-refractivity contribution in [3.8, 4) is 0 Å². The average molecular weight is 388 g/mol. The van der Waals surface area contributed by atoms with E-state index in [-0.39, 0.29) is 6.03 Å². The second-order valence-electron chi connectivity index (χ2n) is 6.16. The van der Waals surface area contributed by atoms with Gasteiger partial charge in [0.25, 0.3) is 0 Å². The lowest BCUT2D eigenvalue weighted by Crippen LogP contribution is -2.54. The van der Waals surface area contributed by atoms with Gasteiger partial charge in [-0.2, -0.15) is 0 Å². The van der Waals surface area contributed by atoms with Crippen LogP contribution in [0.4, 0.5) is 4.79 Å². The van der Waals surface area contributed by atoms with Crippen LogP contribution in [0.15, 0.2) is 0 Å². The first kappa shape index (κ1) is 24.6. The Morgan fingerprint density at radius 1 is 0.926 bits per heavy atom. The van der Waals surface area contributed by atoms with E-state index < -0.39 is 36.4 Å². The summed E-state index contributed by atoms with van der Waals surface area (Å²) in [6.07, 6.45) is -2.72. The molecule has 0 atom stereocenters. The van der Waals surface area contributed by atoms with E-state index >= 15 is 0 Å². The topological polar surface area (TPSA) is 167 Å². The number of aliphatic hydroxyl groups is 1. The predicted molar refractivity (Wildman–Crippen MR) is 86.6 cm³/mol. The molecule has 1 aliphatic rings. The van der Waals surface area contributed by atoms with Crippen LogP contribution in [0.5, 0.6) is 0 Å². The Kier molecular flexibility index (Phi) is 10.3. The van der Waals surface area contributed by atoms with E-state index in [1.54, 1.807) is 0 Å². The maximum Gasteiger partial charge on any atom is 0.320 e. The molecule has 0 radical (unpaired) electrons. The SMILES string of the molecule is CCN(CC)C(=O)N1CCN(C)CC1.O=C([O-])CC(O)(CC(=O)[O-])C(=O)[O-]. The zero-order chi connectivity index (χ0) is 21.2. The summed E-state index contributed by atoms with van der Waals surface area (Å²) in [7, 11) is 2.10. The van der Waals surface area contributed by atoms with E-state index in [0.29, 0.717) is 0 Å². The highest BCUT2D eigenvalue weighted by molar-refractivity contribution is 5.86. The number of aliphatic carboxylic acids is 3. The van der Waals surface area contributed by atoms with Crippen LogP contribution in [0.2, 0.25) is 0 Å². The Labute approximate surface area is 157 Å². The first-order chi connectivity index (χ1) is 12.5. The second-order valence-corrected chi connectivity index (χ2v) is 6.16. The fraction of sp³-hybridized carbons (Fsp3) is 0.750. The van der Waals surface area contributed by atoms with Crippen LogP contribution >= 0.6 is 0 Å². The minimum absolute atomic E-state index is 0.197. The number of carboxylic acids is 3. The third-order valence-corrected chi connectivity index (χ3v) is 4.06. The molecule has 0 aromatic carbocycles. The van der Waals surface area contributed by atoms with Gasteiger partial charge in [-0.25, -0.2) is 4.79 Å². The highest BCUT2D eigenvalue weighted by atomic mass is 16.4. The van der Waals surface area contributed by atoms with Gasteiger partial charge in [-0.05, 0) is 20.9 Å². The monoisotopic (exact) mass is 388 g/mol. The van der Waals surface area contributed by atoms with Gasteiger partial charge in [0, 0.05) is 64.0 Å². The Bertz CT molecular complexity index is 512. The van der Waals surface area contributed by atoms with Gasteiger partial charge in [0.05, 0.1) is 5.97 Å². The molecule has 0 spiro atoms. The fourth-order valence-electron chi connectivity index (χ4n) is 2.38. The van der Waals surface area contributed by atoms with Crippen molar-refractivity contribution in [2.24, 2.45) is 0 Å². The molecular weight excluding hydrogens is 362 g/mol. The molecule has 1 heterocycles. The van der Waals surface area contributed by atoms with Crippen molar-refractivity contribution >= 4 is 23.9 Å². The molecule has 11 heteroatoms. The molecule has 1 saturated heterocycles. The number of piperazine rings is 1. The van der Waals surface area contributed by atoms with E-state index in [0.717, 1.165) is 39.3 Å². The predicted octanol–water partition coefficient (Wildman–Crippen LogP) is -4.56. The Morgan fingerprint density at radius 2 is 1.33 bits per heavy atom. The third-order valence-electron chi connectivity index (χ3n) is 4.06. The largest absolute Gasteiger partial charge is 0.550 e. The first-order valence-corrected chi connectivity index (χ1v) is 8.52. The van der Waals surface area contributed by atoms with E-state index in [9.17, 15) is 34.5 Å². The van der Waals surface area contributed by atoms with Gasteiger partial charge in [-0.15, -0.1) is 0 Å². The van der Waals surface area contributed by atoms with Crippen molar-refractivity contribution in [2.45, 2.75) is 32.3 Å². The number of carbonyl (C=O) groups is 4. The van der Waals surface area contributed by atoms with Crippen LogP contribution in [-0.2, 0) is 14.4 Å². The van der Waals surface area contributed by atoms with Crippen molar-refractivity contribution in [3.63, 3.8) is 0 Å². The second kappa shape index (κ2) is 11.3. The van der Waals surface area contributed by atoms with Crippen LogP contribution in [-0.4, -0.2) is 95.7 Å². The number of urea groups is 1. The highest BCUT2D eigenvalue weighted by Gasteiger charge is 2.29. The number of carboxylic acid groups (broad SMARTS) is 3. The van der Waals surface area contributed by atoms with Crippen molar-refractivity contribution in [3.05, 3.63) is 0 Å². The van der Waals surface area contributed by atoms with Crippen molar-refractivity contribution < 1.29 is 39.6 Å². The molecule has 0 aliphatic carbocycles. The molecule has 11 nitrogen and oxygen atoms in total. The summed E-state index contributed by atoms with van der Waals surface area (Å²) < 4.78 is 0. The minimum atomic E-state index is -2.97. The Balaban J connectivity index is 0.000000503. The fourth-order valence-corrected chi connectivity index (χ4v) is 2.38. The Morgan fingerprint density at radius 3 is 1.63 bits per heavy atom. The average Bonchev–Trinajstić information content (AvgIpc) is 2.55. The molecule has 2 amide bonds. The number of hydrogen-bond donors (Lipinski definition) is 1. The third kappa shape index (κ3) is 8.69. The number of carbonyl (C=O) groups excluding carboxylic acids is 4. The van der Waals surface area contributed by atoms with Crippen LogP contribution in [0.1, 0.15) is 26.7 Å². The summed E-state index contributed by atoms with van der Waals surface area (Å²) in [5.41, 5.74) is -2.97. The van der Waals surface area contributed by atoms with Crippen molar-refractivity contribution in [1.82, 2.24) is 14.7 Å². The van der Waals surface area contributed by atoms with E-state index in [2.05, 4.69) is 11.9 Å². The maximum atomic E-state index is 11.9. The van der Waals surface area contributed by atoms with Crippen LogP contribution in [0.3, 0.4) is 0 Å². The van der Waals surface area contributed by atoms with E-state index in [4.69, 9.17) is 5.11 Å². The van der Waals surface area contributed by atoms with Gasteiger partial charge in [0.2, 0.25) is 0 Å². The van der Waals surface area contributed by atoms with Gasteiger partial charge >= 0.3 is 6.03 Å². The quantitative estimate of drug-likeness (QED) is 0.451. The zero-order valence-electron chi connectivity index (χ0n) is 15.8. The summed E-state index contributed by atoms with van der Waals surface area (Å²) in [5, 5.41) is 38.9. The Hall–Kier alpha value is -2.40. The molecule has 0 aromatic heterocycles. The number of likely N-dealkylation sites (N-methyl/N-ethyl adjacent to an activating group) is 1. The molecular formula is C16H26N3O8-3. The molecule has 0 saturated carbocycles. The van der Waals surface area contributed by atoms with Crippen molar-refractivity contribution in [1.29, 1.82) is 0 Å². The summed E-state index contributed by atoms with van der Waals surface area (Å²) >= 11 is 0. The van der Waals surface area contributed by atoms with Crippen LogP contribution in [0, 0.1) is 0 Å². The molecule has 1 fully saturated rings. The van der Waals surface area contributed by atoms with Crippen molar-refractivity contribution in [2.75, 3.05) is 46.3 Å². The van der Waals surface area contributed by atoms with Gasteiger partial charge in [0.1, 0.15) is 5.60 Å². The van der Waals surface area contributed by atoms with Gasteiger partial charge in [0.15, 0.2) is 0 Å². The van der Waals surface area contributed by atoms with E-state index in [1.807, 2.05) is 23.6 Å². The minimum Gasteiger partial charge on any atom is -0.550 e. The number of amides is 2. The maximum absolute atomic E-state index is 11.9. The lowest BCUT2D eigenvalue weighted by Gasteiger charge is -2.35. The molecule has 27 heavy (non-hydrogen) atoms. The van der Waals surface area contributed by atoms with E-state index in [1.165, 1.54) is 0 Å². The molecule has 1 aliphatic heterocycles. The number of nitrogens with zero attached hydrogens (tertiary/aromatic N) is 3. The molecule has 0 bridgehead atoms. The molecule has 156 valence electrons. The molecule has 0 aromatic rings. The lowest BCUT2D eigenvalue weighted by atomic mass is 9.96. The van der Waals surface area contributed by atoms with Gasteiger partial charge in [-0.3, -0.25) is 0 Å². The van der Waals surface area contributed by atoms with Gasteiger partial charge in [-0.1, -0.05) is 0 Å². The first-order valence-electron chi connectivity index (χ1n) is 8.52. The summed E-state index contributed by atoms with van der Waals surface area (Å²) in [4.78, 5) is 48.0. The number of hydrogen-bond acceptors (Lipinski definition) is 9.